The Labute approximate surface area is 127 Å². The van der Waals surface area contributed by atoms with Crippen molar-refractivity contribution < 1.29 is 4.92 Å². The third-order valence-corrected chi connectivity index (χ3v) is 4.06. The molecule has 5 nitrogen and oxygen atoms in total. The molecule has 0 amide bonds. The molecule has 0 bridgehead atoms. The first-order chi connectivity index (χ1) is 9.60. The fourth-order valence-corrected chi connectivity index (χ4v) is 3.22. The van der Waals surface area contributed by atoms with Crippen molar-refractivity contribution >= 4 is 21.6 Å². The summed E-state index contributed by atoms with van der Waals surface area (Å²) in [5, 5.41) is 14.3. The summed E-state index contributed by atoms with van der Waals surface area (Å²) >= 11 is 3.36. The molecule has 0 radical (unpaired) electrons. The number of nitro benzene ring substituents is 1. The standard InChI is InChI=1S/C14H20BrN3O2/c1-2-5-17(13-3-4-16-9-13)10-11-6-12(15)8-14(7-11)18(19)20/h6-8,13,16H,2-5,9-10H2,1H3. The summed E-state index contributed by atoms with van der Waals surface area (Å²) in [4.78, 5) is 13.0. The molecule has 0 spiro atoms. The predicted molar refractivity (Wildman–Crippen MR) is 82.8 cm³/mol. The van der Waals surface area contributed by atoms with Gasteiger partial charge in [-0.15, -0.1) is 0 Å². The van der Waals surface area contributed by atoms with Gasteiger partial charge in [-0.25, -0.2) is 0 Å². The van der Waals surface area contributed by atoms with Crippen molar-refractivity contribution in [2.24, 2.45) is 0 Å². The number of hydrogen-bond donors (Lipinski definition) is 1. The van der Waals surface area contributed by atoms with Crippen LogP contribution in [-0.4, -0.2) is 35.5 Å². The van der Waals surface area contributed by atoms with Gasteiger partial charge in [-0.05, 0) is 37.6 Å². The lowest BCUT2D eigenvalue weighted by molar-refractivity contribution is -0.385. The molecule has 0 aromatic heterocycles. The molecule has 1 aromatic carbocycles. The summed E-state index contributed by atoms with van der Waals surface area (Å²) in [6.07, 6.45) is 2.24. The van der Waals surface area contributed by atoms with Crippen molar-refractivity contribution in [3.8, 4) is 0 Å². The topological polar surface area (TPSA) is 58.4 Å². The number of non-ortho nitro benzene ring substituents is 1. The van der Waals surface area contributed by atoms with Gasteiger partial charge in [-0.1, -0.05) is 22.9 Å². The van der Waals surface area contributed by atoms with Crippen LogP contribution in [0.1, 0.15) is 25.3 Å². The minimum Gasteiger partial charge on any atom is -0.315 e. The van der Waals surface area contributed by atoms with E-state index in [0.29, 0.717) is 6.04 Å². The molecule has 1 N–H and O–H groups in total. The first-order valence-electron chi connectivity index (χ1n) is 6.98. The molecule has 1 aromatic rings. The van der Waals surface area contributed by atoms with E-state index in [0.717, 1.165) is 49.1 Å². The Balaban J connectivity index is 2.14. The number of rotatable bonds is 6. The first kappa shape index (κ1) is 15.4. The molecule has 2 rings (SSSR count). The third-order valence-electron chi connectivity index (χ3n) is 3.60. The molecule has 1 atom stereocenters. The zero-order chi connectivity index (χ0) is 14.5. The molecule has 1 heterocycles. The fraction of sp³-hybridized carbons (Fsp3) is 0.571. The molecular weight excluding hydrogens is 322 g/mol. The van der Waals surface area contributed by atoms with Gasteiger partial charge in [0.25, 0.3) is 5.69 Å². The van der Waals surface area contributed by atoms with E-state index in [9.17, 15) is 10.1 Å². The van der Waals surface area contributed by atoms with Gasteiger partial charge < -0.3 is 5.32 Å². The van der Waals surface area contributed by atoms with Crippen LogP contribution in [0.3, 0.4) is 0 Å². The van der Waals surface area contributed by atoms with E-state index in [2.05, 4.69) is 33.1 Å². The molecule has 0 aliphatic carbocycles. The molecule has 0 saturated carbocycles. The second kappa shape index (κ2) is 7.15. The fourth-order valence-electron chi connectivity index (χ4n) is 2.69. The van der Waals surface area contributed by atoms with Gasteiger partial charge in [0.1, 0.15) is 0 Å². The van der Waals surface area contributed by atoms with Gasteiger partial charge in [0.2, 0.25) is 0 Å². The Kier molecular flexibility index (Phi) is 5.51. The van der Waals surface area contributed by atoms with Crippen LogP contribution >= 0.6 is 15.9 Å². The Hall–Kier alpha value is -0.980. The lowest BCUT2D eigenvalue weighted by Crippen LogP contribution is -2.36. The van der Waals surface area contributed by atoms with Gasteiger partial charge in [-0.3, -0.25) is 15.0 Å². The molecule has 110 valence electrons. The summed E-state index contributed by atoms with van der Waals surface area (Å²) < 4.78 is 0.766. The summed E-state index contributed by atoms with van der Waals surface area (Å²) in [7, 11) is 0. The highest BCUT2D eigenvalue weighted by Crippen LogP contribution is 2.23. The van der Waals surface area contributed by atoms with Crippen molar-refractivity contribution in [3.63, 3.8) is 0 Å². The maximum Gasteiger partial charge on any atom is 0.270 e. The average Bonchev–Trinajstić information content (AvgIpc) is 2.91. The smallest absolute Gasteiger partial charge is 0.270 e. The van der Waals surface area contributed by atoms with Crippen LogP contribution in [0.2, 0.25) is 0 Å². The molecule has 1 aliphatic rings. The van der Waals surface area contributed by atoms with Crippen molar-refractivity contribution in [1.82, 2.24) is 10.2 Å². The van der Waals surface area contributed by atoms with E-state index >= 15 is 0 Å². The van der Waals surface area contributed by atoms with Crippen molar-refractivity contribution in [1.29, 1.82) is 0 Å². The quantitative estimate of drug-likeness (QED) is 0.638. The molecule has 1 aliphatic heterocycles. The number of nitrogens with zero attached hydrogens (tertiary/aromatic N) is 2. The summed E-state index contributed by atoms with van der Waals surface area (Å²) in [5.41, 5.74) is 1.14. The van der Waals surface area contributed by atoms with E-state index in [-0.39, 0.29) is 10.6 Å². The minimum absolute atomic E-state index is 0.148. The average molecular weight is 342 g/mol. The lowest BCUT2D eigenvalue weighted by Gasteiger charge is -2.28. The van der Waals surface area contributed by atoms with Crippen LogP contribution in [0.25, 0.3) is 0 Å². The highest BCUT2D eigenvalue weighted by Gasteiger charge is 2.22. The Morgan fingerprint density at radius 3 is 2.90 bits per heavy atom. The van der Waals surface area contributed by atoms with Crippen LogP contribution in [0.4, 0.5) is 5.69 Å². The van der Waals surface area contributed by atoms with Crippen LogP contribution < -0.4 is 5.32 Å². The zero-order valence-corrected chi connectivity index (χ0v) is 13.2. The second-order valence-electron chi connectivity index (χ2n) is 5.19. The first-order valence-corrected chi connectivity index (χ1v) is 7.78. The third kappa shape index (κ3) is 4.01. The normalized spacial score (nSPS) is 18.6. The zero-order valence-electron chi connectivity index (χ0n) is 11.6. The van der Waals surface area contributed by atoms with Crippen molar-refractivity contribution in [2.75, 3.05) is 19.6 Å². The molecular formula is C14H20BrN3O2. The summed E-state index contributed by atoms with van der Waals surface area (Å²) in [5.74, 6) is 0. The number of benzene rings is 1. The number of halogens is 1. The maximum absolute atomic E-state index is 10.9. The van der Waals surface area contributed by atoms with Crippen molar-refractivity contribution in [2.45, 2.75) is 32.4 Å². The van der Waals surface area contributed by atoms with Crippen LogP contribution in [0.15, 0.2) is 22.7 Å². The maximum atomic E-state index is 10.9. The minimum atomic E-state index is -0.338. The lowest BCUT2D eigenvalue weighted by atomic mass is 10.1. The molecule has 6 heteroatoms. The predicted octanol–water partition coefficient (Wildman–Crippen LogP) is 2.93. The summed E-state index contributed by atoms with van der Waals surface area (Å²) in [6.45, 7) is 6.02. The van der Waals surface area contributed by atoms with Gasteiger partial charge in [0.15, 0.2) is 0 Å². The SMILES string of the molecule is CCCN(Cc1cc(Br)cc([N+](=O)[O-])c1)C1CCNC1. The summed E-state index contributed by atoms with van der Waals surface area (Å²) in [6, 6.07) is 5.73. The molecule has 20 heavy (non-hydrogen) atoms. The Bertz CT molecular complexity index is 475. The van der Waals surface area contributed by atoms with Gasteiger partial charge in [0.05, 0.1) is 4.92 Å². The largest absolute Gasteiger partial charge is 0.315 e. The van der Waals surface area contributed by atoms with Crippen LogP contribution in [-0.2, 0) is 6.54 Å². The monoisotopic (exact) mass is 341 g/mol. The number of hydrogen-bond acceptors (Lipinski definition) is 4. The number of nitrogens with one attached hydrogen (secondary N) is 1. The Morgan fingerprint density at radius 2 is 2.30 bits per heavy atom. The van der Waals surface area contributed by atoms with Crippen LogP contribution in [0.5, 0.6) is 0 Å². The van der Waals surface area contributed by atoms with E-state index in [1.807, 2.05) is 6.07 Å². The highest BCUT2D eigenvalue weighted by atomic mass is 79.9. The highest BCUT2D eigenvalue weighted by molar-refractivity contribution is 9.10. The van der Waals surface area contributed by atoms with Gasteiger partial charge in [-0.2, -0.15) is 0 Å². The van der Waals surface area contributed by atoms with E-state index in [1.165, 1.54) is 0 Å². The van der Waals surface area contributed by atoms with Crippen LogP contribution in [0, 0.1) is 10.1 Å². The van der Waals surface area contributed by atoms with Gasteiger partial charge in [0, 0.05) is 35.7 Å². The Morgan fingerprint density at radius 1 is 1.50 bits per heavy atom. The molecule has 1 saturated heterocycles. The van der Waals surface area contributed by atoms with Crippen molar-refractivity contribution in [3.05, 3.63) is 38.3 Å². The number of nitro groups is 1. The van der Waals surface area contributed by atoms with E-state index < -0.39 is 0 Å². The molecule has 1 fully saturated rings. The molecule has 1 unspecified atom stereocenters. The van der Waals surface area contributed by atoms with Gasteiger partial charge >= 0.3 is 0 Å². The second-order valence-corrected chi connectivity index (χ2v) is 6.11. The van der Waals surface area contributed by atoms with E-state index in [1.54, 1.807) is 12.1 Å². The van der Waals surface area contributed by atoms with E-state index in [4.69, 9.17) is 0 Å².